The fourth-order valence-corrected chi connectivity index (χ4v) is 1.55. The van der Waals surface area contributed by atoms with Gasteiger partial charge in [0.25, 0.3) is 0 Å². The van der Waals surface area contributed by atoms with E-state index in [0.717, 1.165) is 9.09 Å². The van der Waals surface area contributed by atoms with Gasteiger partial charge in [-0.25, -0.2) is 0 Å². The van der Waals surface area contributed by atoms with Crippen molar-refractivity contribution in [3.63, 3.8) is 0 Å². The molecule has 2 N–H and O–H groups in total. The van der Waals surface area contributed by atoms with Crippen molar-refractivity contribution in [2.24, 2.45) is 0 Å². The normalized spacial score (nSPS) is 10.6. The van der Waals surface area contributed by atoms with E-state index in [-0.39, 0.29) is 5.75 Å². The van der Waals surface area contributed by atoms with E-state index in [2.05, 4.69) is 32.8 Å². The number of phenols is 1. The second kappa shape index (κ2) is 2.37. The van der Waals surface area contributed by atoms with Gasteiger partial charge in [0.1, 0.15) is 15.0 Å². The van der Waals surface area contributed by atoms with Crippen molar-refractivity contribution in [3.8, 4) is 5.75 Å². The molecule has 0 saturated carbocycles. The zero-order valence-electron chi connectivity index (χ0n) is 5.50. The highest BCUT2D eigenvalue weighted by Gasteiger charge is 2.04. The summed E-state index contributed by atoms with van der Waals surface area (Å²) in [4.78, 5) is 0. The zero-order valence-corrected chi connectivity index (χ0v) is 7.66. The molecule has 2 aromatic rings. The first kappa shape index (κ1) is 6.90. The van der Waals surface area contributed by atoms with Crippen LogP contribution in [0.4, 0.5) is 0 Å². The molecule has 1 aromatic heterocycles. The lowest BCUT2D eigenvalue weighted by atomic mass is 10.2. The highest BCUT2D eigenvalue weighted by atomic mass is 127. The van der Waals surface area contributed by atoms with Crippen LogP contribution < -0.4 is 0 Å². The Morgan fingerprint density at radius 2 is 2.27 bits per heavy atom. The number of H-pyrrole nitrogens is 1. The molecule has 0 atom stereocenters. The van der Waals surface area contributed by atoms with Gasteiger partial charge in [-0.2, -0.15) is 5.10 Å². The van der Waals surface area contributed by atoms with E-state index in [1.54, 1.807) is 12.1 Å². The highest BCUT2D eigenvalue weighted by Crippen LogP contribution is 2.24. The van der Waals surface area contributed by atoms with Crippen LogP contribution in [0.2, 0.25) is 0 Å². The van der Waals surface area contributed by atoms with E-state index in [4.69, 9.17) is 0 Å². The minimum absolute atomic E-state index is 0.224. The van der Waals surface area contributed by atoms with Crippen LogP contribution in [0.15, 0.2) is 18.2 Å². The van der Waals surface area contributed by atoms with Crippen LogP contribution >= 0.6 is 22.6 Å². The number of phenolic OH excluding ortho intramolecular Hbond substituents is 1. The molecular formula is C7H5IN2O. The van der Waals surface area contributed by atoms with Gasteiger partial charge >= 0.3 is 0 Å². The van der Waals surface area contributed by atoms with Crippen LogP contribution in [0.5, 0.6) is 5.75 Å². The summed E-state index contributed by atoms with van der Waals surface area (Å²) in [5.41, 5.74) is 0.636. The molecule has 11 heavy (non-hydrogen) atoms. The smallest absolute Gasteiger partial charge is 0.143 e. The largest absolute Gasteiger partial charge is 0.506 e. The zero-order chi connectivity index (χ0) is 7.84. The van der Waals surface area contributed by atoms with E-state index < -0.39 is 0 Å². The summed E-state index contributed by atoms with van der Waals surface area (Å²) in [5, 5.41) is 17.0. The molecule has 0 fully saturated rings. The molecule has 1 aromatic carbocycles. The topological polar surface area (TPSA) is 48.9 Å². The average molecular weight is 260 g/mol. The number of nitrogens with one attached hydrogen (secondary N) is 1. The number of aromatic nitrogens is 2. The number of nitrogens with zero attached hydrogens (tertiary/aromatic N) is 1. The molecule has 0 amide bonds. The molecule has 56 valence electrons. The lowest BCUT2D eigenvalue weighted by Gasteiger charge is -1.90. The van der Waals surface area contributed by atoms with Crippen molar-refractivity contribution in [1.29, 1.82) is 0 Å². The molecule has 0 aliphatic carbocycles. The van der Waals surface area contributed by atoms with Crippen molar-refractivity contribution in [2.75, 3.05) is 0 Å². The Balaban J connectivity index is 2.94. The van der Waals surface area contributed by atoms with Crippen molar-refractivity contribution in [3.05, 3.63) is 21.9 Å². The van der Waals surface area contributed by atoms with Crippen molar-refractivity contribution in [2.45, 2.75) is 0 Å². The fraction of sp³-hybridized carbons (Fsp3) is 0. The van der Waals surface area contributed by atoms with Gasteiger partial charge in [-0.15, -0.1) is 0 Å². The quantitative estimate of drug-likeness (QED) is 0.710. The predicted molar refractivity (Wildman–Crippen MR) is 50.5 cm³/mol. The maximum Gasteiger partial charge on any atom is 0.143 e. The number of rotatable bonds is 0. The summed E-state index contributed by atoms with van der Waals surface area (Å²) in [6.45, 7) is 0. The first-order chi connectivity index (χ1) is 5.29. The molecule has 3 nitrogen and oxygen atoms in total. The van der Waals surface area contributed by atoms with Gasteiger partial charge < -0.3 is 5.11 Å². The molecule has 4 heteroatoms. The minimum atomic E-state index is 0.224. The summed E-state index contributed by atoms with van der Waals surface area (Å²) in [7, 11) is 0. The van der Waals surface area contributed by atoms with E-state index in [1.165, 1.54) is 0 Å². The summed E-state index contributed by atoms with van der Waals surface area (Å²) in [5.74, 6) is 0.224. The Morgan fingerprint density at radius 1 is 1.45 bits per heavy atom. The second-order valence-electron chi connectivity index (χ2n) is 2.21. The van der Waals surface area contributed by atoms with E-state index in [0.29, 0.717) is 5.52 Å². The Kier molecular flexibility index (Phi) is 1.49. The van der Waals surface area contributed by atoms with Crippen LogP contribution in [0, 0.1) is 3.70 Å². The molecule has 0 aliphatic heterocycles. The Morgan fingerprint density at radius 3 is 3.00 bits per heavy atom. The maximum atomic E-state index is 9.30. The number of benzene rings is 1. The monoisotopic (exact) mass is 260 g/mol. The van der Waals surface area contributed by atoms with Crippen molar-refractivity contribution >= 4 is 33.5 Å². The third kappa shape index (κ3) is 0.973. The van der Waals surface area contributed by atoms with Crippen molar-refractivity contribution < 1.29 is 5.11 Å². The first-order valence-corrected chi connectivity index (χ1v) is 4.18. The second-order valence-corrected chi connectivity index (χ2v) is 3.29. The lowest BCUT2D eigenvalue weighted by molar-refractivity contribution is 0.480. The third-order valence-electron chi connectivity index (χ3n) is 1.52. The third-order valence-corrected chi connectivity index (χ3v) is 2.34. The minimum Gasteiger partial charge on any atom is -0.506 e. The molecule has 0 unspecified atom stereocenters. The average Bonchev–Trinajstić information content (AvgIpc) is 2.35. The summed E-state index contributed by atoms with van der Waals surface area (Å²) in [6, 6.07) is 5.34. The molecule has 1 heterocycles. The van der Waals surface area contributed by atoms with Crippen LogP contribution in [0.1, 0.15) is 0 Å². The maximum absolute atomic E-state index is 9.30. The van der Waals surface area contributed by atoms with Crippen LogP contribution in [-0.2, 0) is 0 Å². The van der Waals surface area contributed by atoms with Crippen LogP contribution in [0.3, 0.4) is 0 Å². The number of para-hydroxylation sites is 1. The van der Waals surface area contributed by atoms with Gasteiger partial charge in [0.2, 0.25) is 0 Å². The molecular weight excluding hydrogens is 255 g/mol. The molecule has 0 spiro atoms. The van der Waals surface area contributed by atoms with E-state index in [1.807, 2.05) is 6.07 Å². The van der Waals surface area contributed by atoms with E-state index >= 15 is 0 Å². The molecule has 0 radical (unpaired) electrons. The molecule has 0 aliphatic rings. The summed E-state index contributed by atoms with van der Waals surface area (Å²) in [6.07, 6.45) is 0. The van der Waals surface area contributed by atoms with Crippen LogP contribution in [0.25, 0.3) is 10.9 Å². The molecule has 0 saturated heterocycles. The first-order valence-electron chi connectivity index (χ1n) is 3.10. The van der Waals surface area contributed by atoms with Gasteiger partial charge in [-0.05, 0) is 34.7 Å². The lowest BCUT2D eigenvalue weighted by Crippen LogP contribution is -1.68. The van der Waals surface area contributed by atoms with Crippen molar-refractivity contribution in [1.82, 2.24) is 10.2 Å². The Labute approximate surface area is 76.6 Å². The number of fused-ring (bicyclic) bond motifs is 1. The van der Waals surface area contributed by atoms with Crippen LogP contribution in [-0.4, -0.2) is 15.3 Å². The number of aromatic amines is 1. The SMILES string of the molecule is Oc1cccc2c(I)[nH]nc12. The Hall–Kier alpha value is -0.780. The highest BCUT2D eigenvalue weighted by molar-refractivity contribution is 14.1. The van der Waals surface area contributed by atoms with Gasteiger partial charge in [-0.1, -0.05) is 6.07 Å². The Bertz CT molecular complexity index is 396. The summed E-state index contributed by atoms with van der Waals surface area (Å²) < 4.78 is 0.952. The predicted octanol–water partition coefficient (Wildman–Crippen LogP) is 1.87. The number of hydrogen-bond donors (Lipinski definition) is 2. The number of aromatic hydroxyl groups is 1. The summed E-state index contributed by atoms with van der Waals surface area (Å²) >= 11 is 2.14. The van der Waals surface area contributed by atoms with Gasteiger partial charge in [-0.3, -0.25) is 5.10 Å². The standard InChI is InChI=1S/C7H5IN2O/c8-7-4-2-1-3-5(11)6(4)9-10-7/h1-3,11H,(H,9,10). The van der Waals surface area contributed by atoms with E-state index in [9.17, 15) is 5.11 Å². The molecule has 2 rings (SSSR count). The van der Waals surface area contributed by atoms with Gasteiger partial charge in [0.15, 0.2) is 0 Å². The fourth-order valence-electron chi connectivity index (χ4n) is 0.991. The van der Waals surface area contributed by atoms with Gasteiger partial charge in [0, 0.05) is 5.39 Å². The number of hydrogen-bond acceptors (Lipinski definition) is 2. The molecule has 0 bridgehead atoms. The van der Waals surface area contributed by atoms with Gasteiger partial charge in [0.05, 0.1) is 0 Å². The number of halogens is 1.